The van der Waals surface area contributed by atoms with Crippen LogP contribution in [0.5, 0.6) is 0 Å². The molecule has 1 fully saturated rings. The van der Waals surface area contributed by atoms with Crippen LogP contribution in [0.2, 0.25) is 0 Å². The van der Waals surface area contributed by atoms with Crippen molar-refractivity contribution in [1.82, 2.24) is 15.2 Å². The normalized spacial score (nSPS) is 22.1. The average molecular weight is 312 g/mol. The van der Waals surface area contributed by atoms with Gasteiger partial charge >= 0.3 is 0 Å². The molecule has 4 heteroatoms. The summed E-state index contributed by atoms with van der Waals surface area (Å²) in [6, 6.07) is 4.77. The Labute approximate surface area is 118 Å². The van der Waals surface area contributed by atoms with Crippen LogP contribution in [0.4, 0.5) is 0 Å². The van der Waals surface area contributed by atoms with Gasteiger partial charge in [-0.25, -0.2) is 0 Å². The molecular weight excluding hydrogens is 290 g/mol. The monoisotopic (exact) mass is 311 g/mol. The summed E-state index contributed by atoms with van der Waals surface area (Å²) in [6.07, 6.45) is 3.10. The maximum atomic E-state index is 4.46. The van der Waals surface area contributed by atoms with Crippen LogP contribution < -0.4 is 5.32 Å². The minimum Gasteiger partial charge on any atom is -0.312 e. The fraction of sp³-hybridized carbons (Fsp3) is 0.643. The Morgan fingerprint density at radius 3 is 3.00 bits per heavy atom. The lowest BCUT2D eigenvalue weighted by Gasteiger charge is -2.26. The third-order valence-corrected chi connectivity index (χ3v) is 3.96. The van der Waals surface area contributed by atoms with Gasteiger partial charge in [0.25, 0.3) is 0 Å². The molecule has 1 atom stereocenters. The van der Waals surface area contributed by atoms with Crippen LogP contribution in [0.25, 0.3) is 0 Å². The fourth-order valence-corrected chi connectivity index (χ4v) is 2.58. The van der Waals surface area contributed by atoms with Crippen molar-refractivity contribution >= 4 is 15.9 Å². The van der Waals surface area contributed by atoms with E-state index in [1.807, 2.05) is 6.20 Å². The first-order chi connectivity index (χ1) is 8.65. The highest BCUT2D eigenvalue weighted by Crippen LogP contribution is 2.13. The van der Waals surface area contributed by atoms with Gasteiger partial charge in [-0.2, -0.15) is 0 Å². The van der Waals surface area contributed by atoms with Crippen molar-refractivity contribution in [3.63, 3.8) is 0 Å². The molecule has 100 valence electrons. The van der Waals surface area contributed by atoms with Crippen molar-refractivity contribution in [3.8, 4) is 0 Å². The number of hydrogen-bond acceptors (Lipinski definition) is 3. The van der Waals surface area contributed by atoms with Gasteiger partial charge < -0.3 is 5.32 Å². The second-order valence-corrected chi connectivity index (χ2v) is 6.28. The van der Waals surface area contributed by atoms with Crippen molar-refractivity contribution < 1.29 is 0 Å². The van der Waals surface area contributed by atoms with Crippen LogP contribution >= 0.6 is 15.9 Å². The van der Waals surface area contributed by atoms with Crippen molar-refractivity contribution in [2.45, 2.75) is 32.9 Å². The molecule has 1 saturated heterocycles. The van der Waals surface area contributed by atoms with Crippen LogP contribution in [-0.2, 0) is 6.54 Å². The SMILES string of the molecule is CC(C)C1CN(Cc2ccc(Br)cn2)CCCN1. The summed E-state index contributed by atoms with van der Waals surface area (Å²) in [5, 5.41) is 3.64. The third kappa shape index (κ3) is 4.04. The summed E-state index contributed by atoms with van der Waals surface area (Å²) in [7, 11) is 0. The number of halogens is 1. The molecule has 3 nitrogen and oxygen atoms in total. The first-order valence-electron chi connectivity index (χ1n) is 6.71. The van der Waals surface area contributed by atoms with Crippen LogP contribution in [0.15, 0.2) is 22.8 Å². The summed E-state index contributed by atoms with van der Waals surface area (Å²) in [6.45, 7) is 8.95. The first-order valence-corrected chi connectivity index (χ1v) is 7.50. The molecule has 0 amide bonds. The lowest BCUT2D eigenvalue weighted by Crippen LogP contribution is -2.41. The van der Waals surface area contributed by atoms with Crippen molar-refractivity contribution in [2.75, 3.05) is 19.6 Å². The predicted molar refractivity (Wildman–Crippen MR) is 78.5 cm³/mol. The van der Waals surface area contributed by atoms with Crippen LogP contribution in [0.3, 0.4) is 0 Å². The molecule has 0 bridgehead atoms. The maximum absolute atomic E-state index is 4.46. The summed E-state index contributed by atoms with van der Waals surface area (Å²) in [5.74, 6) is 0.684. The molecule has 1 N–H and O–H groups in total. The Hall–Kier alpha value is -0.450. The summed E-state index contributed by atoms with van der Waals surface area (Å²) < 4.78 is 1.05. The van der Waals surface area contributed by atoms with Gasteiger partial charge in [-0.05, 0) is 53.5 Å². The standard InChI is InChI=1S/C14H22BrN3/c1-11(2)14-10-18(7-3-6-16-14)9-13-5-4-12(15)8-17-13/h4-5,8,11,14,16H,3,6-7,9-10H2,1-2H3. The van der Waals surface area contributed by atoms with Gasteiger partial charge in [0.15, 0.2) is 0 Å². The molecular formula is C14H22BrN3. The number of aromatic nitrogens is 1. The molecule has 0 spiro atoms. The van der Waals surface area contributed by atoms with Crippen molar-refractivity contribution in [2.24, 2.45) is 5.92 Å². The molecule has 1 aliphatic heterocycles. The van der Waals surface area contributed by atoms with E-state index < -0.39 is 0 Å². The first kappa shape index (κ1) is 14.0. The lowest BCUT2D eigenvalue weighted by molar-refractivity contribution is 0.236. The van der Waals surface area contributed by atoms with Gasteiger partial charge in [0.2, 0.25) is 0 Å². The molecule has 0 saturated carbocycles. The molecule has 18 heavy (non-hydrogen) atoms. The molecule has 2 rings (SSSR count). The molecule has 1 unspecified atom stereocenters. The van der Waals surface area contributed by atoms with E-state index in [2.05, 4.69) is 57.1 Å². The zero-order valence-corrected chi connectivity index (χ0v) is 12.8. The van der Waals surface area contributed by atoms with Crippen LogP contribution in [0.1, 0.15) is 26.0 Å². The lowest BCUT2D eigenvalue weighted by atomic mass is 10.0. The molecule has 1 aromatic heterocycles. The summed E-state index contributed by atoms with van der Waals surface area (Å²) in [5.41, 5.74) is 1.16. The van der Waals surface area contributed by atoms with E-state index in [4.69, 9.17) is 0 Å². The molecule has 0 aliphatic carbocycles. The average Bonchev–Trinajstić information content (AvgIpc) is 2.58. The Bertz CT molecular complexity index is 364. The third-order valence-electron chi connectivity index (χ3n) is 3.49. The predicted octanol–water partition coefficient (Wildman–Crippen LogP) is 2.66. The highest BCUT2D eigenvalue weighted by molar-refractivity contribution is 9.10. The second kappa shape index (κ2) is 6.64. The van der Waals surface area contributed by atoms with Gasteiger partial charge in [0, 0.05) is 29.8 Å². The second-order valence-electron chi connectivity index (χ2n) is 5.36. The van der Waals surface area contributed by atoms with Crippen molar-refractivity contribution in [3.05, 3.63) is 28.5 Å². The molecule has 0 aromatic carbocycles. The number of hydrogen-bond donors (Lipinski definition) is 1. The number of pyridine rings is 1. The van der Waals surface area contributed by atoms with E-state index in [0.29, 0.717) is 12.0 Å². The van der Waals surface area contributed by atoms with E-state index in [-0.39, 0.29) is 0 Å². The molecule has 2 heterocycles. The highest BCUT2D eigenvalue weighted by atomic mass is 79.9. The van der Waals surface area contributed by atoms with E-state index in [9.17, 15) is 0 Å². The Morgan fingerprint density at radius 2 is 2.33 bits per heavy atom. The zero-order chi connectivity index (χ0) is 13.0. The molecule has 1 aromatic rings. The number of nitrogens with one attached hydrogen (secondary N) is 1. The van der Waals surface area contributed by atoms with Gasteiger partial charge in [0.05, 0.1) is 5.69 Å². The van der Waals surface area contributed by atoms with Crippen LogP contribution in [-0.4, -0.2) is 35.6 Å². The summed E-state index contributed by atoms with van der Waals surface area (Å²) >= 11 is 3.43. The smallest absolute Gasteiger partial charge is 0.0544 e. The zero-order valence-electron chi connectivity index (χ0n) is 11.2. The van der Waals surface area contributed by atoms with Gasteiger partial charge in [-0.3, -0.25) is 9.88 Å². The van der Waals surface area contributed by atoms with Crippen LogP contribution in [0, 0.1) is 5.92 Å². The molecule has 1 aliphatic rings. The number of nitrogens with zero attached hydrogens (tertiary/aromatic N) is 2. The van der Waals surface area contributed by atoms with Crippen molar-refractivity contribution in [1.29, 1.82) is 0 Å². The van der Waals surface area contributed by atoms with E-state index in [1.165, 1.54) is 6.42 Å². The topological polar surface area (TPSA) is 28.2 Å². The summed E-state index contributed by atoms with van der Waals surface area (Å²) in [4.78, 5) is 6.98. The highest BCUT2D eigenvalue weighted by Gasteiger charge is 2.20. The Kier molecular flexibility index (Phi) is 5.15. The maximum Gasteiger partial charge on any atom is 0.0544 e. The Morgan fingerprint density at radius 1 is 1.50 bits per heavy atom. The minimum atomic E-state index is 0.600. The minimum absolute atomic E-state index is 0.600. The fourth-order valence-electron chi connectivity index (χ4n) is 2.34. The largest absolute Gasteiger partial charge is 0.312 e. The van der Waals surface area contributed by atoms with Gasteiger partial charge in [-0.1, -0.05) is 13.8 Å². The quantitative estimate of drug-likeness (QED) is 0.930. The molecule has 0 radical (unpaired) electrons. The van der Waals surface area contributed by atoms with E-state index in [1.54, 1.807) is 0 Å². The van der Waals surface area contributed by atoms with Gasteiger partial charge in [0.1, 0.15) is 0 Å². The van der Waals surface area contributed by atoms with Gasteiger partial charge in [-0.15, -0.1) is 0 Å². The number of rotatable bonds is 3. The Balaban J connectivity index is 1.96. The van der Waals surface area contributed by atoms with E-state index in [0.717, 1.165) is 36.3 Å². The van der Waals surface area contributed by atoms with E-state index >= 15 is 0 Å².